The molecule has 0 unspecified atom stereocenters. The molecule has 0 spiro atoms. The van der Waals surface area contributed by atoms with Crippen molar-refractivity contribution in [2.24, 2.45) is 0 Å². The van der Waals surface area contributed by atoms with E-state index in [1.54, 1.807) is 28.4 Å². The molecule has 0 amide bonds. The van der Waals surface area contributed by atoms with Gasteiger partial charge in [-0.2, -0.15) is 5.48 Å². The Kier molecular flexibility index (Phi) is 5.76. The molecule has 96 valence electrons. The standard InChI is InChI=1S/C12H19NO4/c1-14-8-10-6-12(16-3)11(15-2)5-9(10)7-13-17-4/h5-6,13H,7-8H2,1-4H3. The molecule has 0 radical (unpaired) electrons. The predicted octanol–water partition coefficient (Wildman–Crippen LogP) is 1.50. The molecule has 1 aromatic carbocycles. The summed E-state index contributed by atoms with van der Waals surface area (Å²) in [6.45, 7) is 1.09. The Hall–Kier alpha value is -1.30. The lowest BCUT2D eigenvalue weighted by Gasteiger charge is -2.14. The van der Waals surface area contributed by atoms with E-state index in [-0.39, 0.29) is 0 Å². The summed E-state index contributed by atoms with van der Waals surface area (Å²) in [5.74, 6) is 1.39. The average molecular weight is 241 g/mol. The molecule has 0 aliphatic heterocycles. The monoisotopic (exact) mass is 241 g/mol. The minimum absolute atomic E-state index is 0.515. The summed E-state index contributed by atoms with van der Waals surface area (Å²) in [7, 11) is 6.46. The van der Waals surface area contributed by atoms with Gasteiger partial charge in [-0.1, -0.05) is 0 Å². The number of benzene rings is 1. The first-order valence-electron chi connectivity index (χ1n) is 5.25. The van der Waals surface area contributed by atoms with E-state index in [4.69, 9.17) is 19.0 Å². The number of hydrogen-bond donors (Lipinski definition) is 1. The molecular formula is C12H19NO4. The van der Waals surface area contributed by atoms with Crippen molar-refractivity contribution in [3.8, 4) is 11.5 Å². The third kappa shape index (κ3) is 3.59. The minimum Gasteiger partial charge on any atom is -0.493 e. The molecule has 0 aliphatic carbocycles. The van der Waals surface area contributed by atoms with E-state index in [9.17, 15) is 0 Å². The summed E-state index contributed by atoms with van der Waals surface area (Å²) in [6, 6.07) is 3.83. The summed E-state index contributed by atoms with van der Waals surface area (Å²) in [6.07, 6.45) is 0. The second-order valence-corrected chi connectivity index (χ2v) is 3.43. The molecule has 0 aliphatic rings. The number of ether oxygens (including phenoxy) is 3. The first kappa shape index (κ1) is 13.8. The van der Waals surface area contributed by atoms with Crippen molar-refractivity contribution in [3.63, 3.8) is 0 Å². The van der Waals surface area contributed by atoms with E-state index >= 15 is 0 Å². The summed E-state index contributed by atoms with van der Waals surface area (Å²) >= 11 is 0. The summed E-state index contributed by atoms with van der Waals surface area (Å²) < 4.78 is 15.7. The van der Waals surface area contributed by atoms with Crippen molar-refractivity contribution in [2.45, 2.75) is 13.2 Å². The first-order chi connectivity index (χ1) is 8.26. The second kappa shape index (κ2) is 7.11. The maximum absolute atomic E-state index is 5.26. The smallest absolute Gasteiger partial charge is 0.161 e. The normalized spacial score (nSPS) is 10.4. The molecule has 17 heavy (non-hydrogen) atoms. The molecule has 1 N–H and O–H groups in total. The summed E-state index contributed by atoms with van der Waals surface area (Å²) in [5, 5.41) is 0. The van der Waals surface area contributed by atoms with Gasteiger partial charge in [0.2, 0.25) is 0 Å². The number of rotatable bonds is 7. The van der Waals surface area contributed by atoms with Gasteiger partial charge in [0.1, 0.15) is 0 Å². The van der Waals surface area contributed by atoms with Crippen LogP contribution in [0.1, 0.15) is 11.1 Å². The first-order valence-corrected chi connectivity index (χ1v) is 5.25. The van der Waals surface area contributed by atoms with E-state index in [1.807, 2.05) is 12.1 Å². The zero-order chi connectivity index (χ0) is 12.7. The molecular weight excluding hydrogens is 222 g/mol. The van der Waals surface area contributed by atoms with Crippen LogP contribution in [0, 0.1) is 0 Å². The fourth-order valence-electron chi connectivity index (χ4n) is 1.57. The van der Waals surface area contributed by atoms with Crippen LogP contribution in [0.2, 0.25) is 0 Å². The fourth-order valence-corrected chi connectivity index (χ4v) is 1.57. The largest absolute Gasteiger partial charge is 0.493 e. The summed E-state index contributed by atoms with van der Waals surface area (Å²) in [4.78, 5) is 4.85. The van der Waals surface area contributed by atoms with E-state index < -0.39 is 0 Å². The topological polar surface area (TPSA) is 49.0 Å². The van der Waals surface area contributed by atoms with Gasteiger partial charge in [0.05, 0.1) is 27.9 Å². The van der Waals surface area contributed by atoms with Gasteiger partial charge >= 0.3 is 0 Å². The highest BCUT2D eigenvalue weighted by Gasteiger charge is 2.10. The van der Waals surface area contributed by atoms with Gasteiger partial charge in [0.25, 0.3) is 0 Å². The number of nitrogens with one attached hydrogen (secondary N) is 1. The maximum Gasteiger partial charge on any atom is 0.161 e. The highest BCUT2D eigenvalue weighted by molar-refractivity contribution is 5.47. The molecule has 5 nitrogen and oxygen atoms in total. The van der Waals surface area contributed by atoms with Crippen LogP contribution in [0.3, 0.4) is 0 Å². The number of hydroxylamine groups is 1. The molecule has 0 saturated heterocycles. The lowest BCUT2D eigenvalue weighted by Crippen LogP contribution is -2.13. The van der Waals surface area contributed by atoms with Crippen LogP contribution in [0.5, 0.6) is 11.5 Å². The maximum atomic E-state index is 5.26. The molecule has 1 rings (SSSR count). The zero-order valence-electron chi connectivity index (χ0n) is 10.7. The van der Waals surface area contributed by atoms with Gasteiger partial charge in [0, 0.05) is 13.7 Å². The van der Waals surface area contributed by atoms with Gasteiger partial charge in [-0.05, 0) is 23.3 Å². The summed E-state index contributed by atoms with van der Waals surface area (Å²) in [5.41, 5.74) is 4.88. The molecule has 5 heteroatoms. The fraction of sp³-hybridized carbons (Fsp3) is 0.500. The molecule has 0 saturated carbocycles. The Morgan fingerprint density at radius 1 is 0.941 bits per heavy atom. The van der Waals surface area contributed by atoms with E-state index in [2.05, 4.69) is 5.48 Å². The van der Waals surface area contributed by atoms with E-state index in [0.717, 1.165) is 11.1 Å². The van der Waals surface area contributed by atoms with Crippen LogP contribution in [-0.4, -0.2) is 28.4 Å². The third-order valence-corrected chi connectivity index (χ3v) is 2.41. The number of methoxy groups -OCH3 is 3. The van der Waals surface area contributed by atoms with Gasteiger partial charge < -0.3 is 19.0 Å². The Balaban J connectivity index is 3.05. The van der Waals surface area contributed by atoms with Gasteiger partial charge in [-0.25, -0.2) is 0 Å². The Morgan fingerprint density at radius 2 is 1.53 bits per heavy atom. The number of hydrogen-bond acceptors (Lipinski definition) is 5. The third-order valence-electron chi connectivity index (χ3n) is 2.41. The zero-order valence-corrected chi connectivity index (χ0v) is 10.7. The molecule has 0 atom stereocenters. The Morgan fingerprint density at radius 3 is 2.00 bits per heavy atom. The minimum atomic E-state index is 0.515. The van der Waals surface area contributed by atoms with Crippen LogP contribution >= 0.6 is 0 Å². The van der Waals surface area contributed by atoms with Gasteiger partial charge in [-0.3, -0.25) is 0 Å². The van der Waals surface area contributed by atoms with Crippen molar-refractivity contribution in [2.75, 3.05) is 28.4 Å². The molecule has 0 heterocycles. The van der Waals surface area contributed by atoms with Crippen LogP contribution in [0.25, 0.3) is 0 Å². The lowest BCUT2D eigenvalue weighted by atomic mass is 10.1. The van der Waals surface area contributed by atoms with Crippen molar-refractivity contribution >= 4 is 0 Å². The van der Waals surface area contributed by atoms with Crippen LogP contribution < -0.4 is 15.0 Å². The van der Waals surface area contributed by atoms with Crippen LogP contribution in [0.15, 0.2) is 12.1 Å². The second-order valence-electron chi connectivity index (χ2n) is 3.43. The molecule has 0 fully saturated rings. The average Bonchev–Trinajstić information content (AvgIpc) is 2.37. The lowest BCUT2D eigenvalue weighted by molar-refractivity contribution is 0.0858. The van der Waals surface area contributed by atoms with Crippen molar-refractivity contribution in [1.82, 2.24) is 5.48 Å². The highest BCUT2D eigenvalue weighted by Crippen LogP contribution is 2.30. The van der Waals surface area contributed by atoms with E-state index in [1.165, 1.54) is 0 Å². The van der Waals surface area contributed by atoms with Gasteiger partial charge in [-0.15, -0.1) is 0 Å². The van der Waals surface area contributed by atoms with Crippen molar-refractivity contribution in [3.05, 3.63) is 23.3 Å². The Bertz CT molecular complexity index is 355. The molecule has 1 aromatic rings. The molecule has 0 bridgehead atoms. The van der Waals surface area contributed by atoms with Crippen molar-refractivity contribution in [1.29, 1.82) is 0 Å². The predicted molar refractivity (Wildman–Crippen MR) is 64.1 cm³/mol. The van der Waals surface area contributed by atoms with Crippen LogP contribution in [0.4, 0.5) is 0 Å². The molecule has 0 aromatic heterocycles. The van der Waals surface area contributed by atoms with Crippen molar-refractivity contribution < 1.29 is 19.0 Å². The Labute approximate surface area is 102 Å². The quantitative estimate of drug-likeness (QED) is 0.733. The van der Waals surface area contributed by atoms with Crippen LogP contribution in [-0.2, 0) is 22.7 Å². The van der Waals surface area contributed by atoms with E-state index in [0.29, 0.717) is 24.7 Å². The SMILES string of the molecule is COCc1cc(OC)c(OC)cc1CNOC. The highest BCUT2D eigenvalue weighted by atomic mass is 16.6. The van der Waals surface area contributed by atoms with Gasteiger partial charge in [0.15, 0.2) is 11.5 Å².